The van der Waals surface area contributed by atoms with Gasteiger partial charge in [0.2, 0.25) is 0 Å². The maximum Gasteiger partial charge on any atom is 0.144 e. The Hall–Kier alpha value is -4.53. The van der Waals surface area contributed by atoms with E-state index in [4.69, 9.17) is 9.97 Å². The van der Waals surface area contributed by atoms with Gasteiger partial charge in [-0.25, -0.2) is 4.98 Å². The molecule has 0 saturated heterocycles. The van der Waals surface area contributed by atoms with Gasteiger partial charge in [0.05, 0.1) is 11.2 Å². The summed E-state index contributed by atoms with van der Waals surface area (Å²) >= 11 is 0. The van der Waals surface area contributed by atoms with Gasteiger partial charge in [-0.15, -0.1) is 23.8 Å². The fraction of sp³-hybridized carbons (Fsp3) is 0.150. The fourth-order valence-electron chi connectivity index (χ4n) is 6.31. The Kier molecular flexibility index (Phi) is 8.44. The minimum atomic E-state index is 0. The summed E-state index contributed by atoms with van der Waals surface area (Å²) in [6.07, 6.45) is 1.85. The van der Waals surface area contributed by atoms with E-state index in [9.17, 15) is 5.11 Å². The molecule has 7 aromatic rings. The number of nitrogens with zero attached hydrogens (tertiary/aromatic N) is 3. The number of para-hydroxylation sites is 2. The molecule has 0 aliphatic rings. The molecular formula is C40H34N3OPt-. The minimum absolute atomic E-state index is 0. The summed E-state index contributed by atoms with van der Waals surface area (Å²) in [6.45, 7) is 9.03. The van der Waals surface area contributed by atoms with Gasteiger partial charge in [-0.2, -0.15) is 0 Å². The fourth-order valence-corrected chi connectivity index (χ4v) is 6.31. The summed E-state index contributed by atoms with van der Waals surface area (Å²) in [5.41, 5.74) is 11.0. The van der Waals surface area contributed by atoms with Crippen molar-refractivity contribution in [2.75, 3.05) is 0 Å². The predicted molar refractivity (Wildman–Crippen MR) is 181 cm³/mol. The number of rotatable bonds is 6. The van der Waals surface area contributed by atoms with Crippen LogP contribution in [0.25, 0.3) is 61.3 Å². The predicted octanol–water partition coefficient (Wildman–Crippen LogP) is 10.3. The third-order valence-corrected chi connectivity index (χ3v) is 8.40. The molecule has 0 fully saturated rings. The van der Waals surface area contributed by atoms with Crippen LogP contribution in [0.15, 0.2) is 115 Å². The van der Waals surface area contributed by atoms with E-state index < -0.39 is 0 Å². The Morgan fingerprint density at radius 2 is 1.36 bits per heavy atom. The first-order chi connectivity index (χ1) is 21.4. The van der Waals surface area contributed by atoms with Crippen LogP contribution >= 0.6 is 0 Å². The maximum absolute atomic E-state index is 10.6. The van der Waals surface area contributed by atoms with Gasteiger partial charge in [0.25, 0.3) is 0 Å². The average Bonchev–Trinajstić information content (AvgIpc) is 3.39. The summed E-state index contributed by atoms with van der Waals surface area (Å²) in [4.78, 5) is 9.91. The smallest absolute Gasteiger partial charge is 0.144 e. The van der Waals surface area contributed by atoms with E-state index in [1.54, 1.807) is 6.07 Å². The SMILES string of the molecule is CC(C)c1cccc(C(C)C)c1-c1cc(-c2cccc(-c3ccccc3O)n2)[c-]c(-n2c3ccccc3c3cccnc32)c1.[Pt]. The molecule has 3 aromatic heterocycles. The number of aromatic hydroxyl groups is 1. The molecule has 0 bridgehead atoms. The molecular weight excluding hydrogens is 734 g/mol. The quantitative estimate of drug-likeness (QED) is 0.172. The average molecular weight is 768 g/mol. The minimum Gasteiger partial charge on any atom is -0.507 e. The van der Waals surface area contributed by atoms with Gasteiger partial charge >= 0.3 is 0 Å². The zero-order chi connectivity index (χ0) is 30.4. The molecule has 0 aliphatic carbocycles. The van der Waals surface area contributed by atoms with Gasteiger partial charge in [0, 0.05) is 43.6 Å². The summed E-state index contributed by atoms with van der Waals surface area (Å²) in [5.74, 6) is 0.897. The Morgan fingerprint density at radius 1 is 0.689 bits per heavy atom. The molecule has 4 nitrogen and oxygen atoms in total. The molecule has 4 aromatic carbocycles. The first-order valence-electron chi connectivity index (χ1n) is 15.2. The van der Waals surface area contributed by atoms with Crippen molar-refractivity contribution in [1.29, 1.82) is 0 Å². The van der Waals surface area contributed by atoms with Crippen molar-refractivity contribution < 1.29 is 26.2 Å². The monoisotopic (exact) mass is 767 g/mol. The molecule has 0 aliphatic heterocycles. The van der Waals surface area contributed by atoms with Crippen LogP contribution in [0, 0.1) is 6.07 Å². The second kappa shape index (κ2) is 12.5. The van der Waals surface area contributed by atoms with Crippen molar-refractivity contribution in [3.05, 3.63) is 133 Å². The van der Waals surface area contributed by atoms with Crippen LogP contribution in [0.2, 0.25) is 0 Å². The number of aromatic nitrogens is 3. The largest absolute Gasteiger partial charge is 0.507 e. The molecule has 0 spiro atoms. The first-order valence-corrected chi connectivity index (χ1v) is 15.2. The van der Waals surface area contributed by atoms with E-state index in [1.165, 1.54) is 16.7 Å². The molecule has 226 valence electrons. The van der Waals surface area contributed by atoms with Crippen LogP contribution in [0.1, 0.15) is 50.7 Å². The molecule has 5 heteroatoms. The van der Waals surface area contributed by atoms with Crippen LogP contribution in [0.5, 0.6) is 5.75 Å². The van der Waals surface area contributed by atoms with Crippen molar-refractivity contribution in [3.8, 4) is 45.1 Å². The molecule has 0 radical (unpaired) electrons. The van der Waals surface area contributed by atoms with Gasteiger partial charge in [0.15, 0.2) is 0 Å². The summed E-state index contributed by atoms with van der Waals surface area (Å²) in [5, 5.41) is 12.9. The molecule has 7 rings (SSSR count). The third-order valence-electron chi connectivity index (χ3n) is 8.40. The molecule has 0 atom stereocenters. The van der Waals surface area contributed by atoms with Crippen LogP contribution in [0.3, 0.4) is 0 Å². The van der Waals surface area contributed by atoms with E-state index in [1.807, 2.05) is 48.7 Å². The van der Waals surface area contributed by atoms with Gasteiger partial charge in [0.1, 0.15) is 11.4 Å². The number of hydrogen-bond acceptors (Lipinski definition) is 3. The van der Waals surface area contributed by atoms with Gasteiger partial charge < -0.3 is 9.67 Å². The van der Waals surface area contributed by atoms with Gasteiger partial charge in [-0.1, -0.05) is 93.9 Å². The van der Waals surface area contributed by atoms with E-state index in [2.05, 4.69) is 99.0 Å². The number of fused-ring (bicyclic) bond motifs is 3. The number of pyridine rings is 2. The van der Waals surface area contributed by atoms with Crippen molar-refractivity contribution in [1.82, 2.24) is 14.5 Å². The van der Waals surface area contributed by atoms with Gasteiger partial charge in [-0.05, 0) is 76.3 Å². The standard InChI is InChI=1S/C40H34N3O.Pt/c1-25(2)30-14-9-15-31(26(3)4)39(30)28-22-27(35-17-10-18-36(42-35)34-13-6-8-20-38(34)44)23-29(24-28)43-37-19-7-5-12-32(37)33-16-11-21-41-40(33)43;/h5-22,24-26,44H,1-4H3;/q-1;. The van der Waals surface area contributed by atoms with Crippen LogP contribution in [-0.4, -0.2) is 19.6 Å². The summed E-state index contributed by atoms with van der Waals surface area (Å²) in [7, 11) is 0. The Bertz CT molecular complexity index is 2080. The summed E-state index contributed by atoms with van der Waals surface area (Å²) in [6, 6.07) is 40.8. The molecule has 0 amide bonds. The molecule has 45 heavy (non-hydrogen) atoms. The normalized spacial score (nSPS) is 11.4. The van der Waals surface area contributed by atoms with Crippen LogP contribution in [0.4, 0.5) is 0 Å². The Balaban J connectivity index is 0.00000357. The summed E-state index contributed by atoms with van der Waals surface area (Å²) < 4.78 is 2.22. The molecule has 1 N–H and O–H groups in total. The van der Waals surface area contributed by atoms with Crippen molar-refractivity contribution >= 4 is 21.9 Å². The Labute approximate surface area is 278 Å². The topological polar surface area (TPSA) is 50.9 Å². The Morgan fingerprint density at radius 3 is 2.11 bits per heavy atom. The first kappa shape index (κ1) is 30.5. The number of phenols is 1. The van der Waals surface area contributed by atoms with Gasteiger partial charge in [-0.3, -0.25) is 4.98 Å². The second-order valence-corrected chi connectivity index (χ2v) is 11.9. The zero-order valence-electron chi connectivity index (χ0n) is 25.7. The number of benzene rings is 4. The van der Waals surface area contributed by atoms with Crippen LogP contribution < -0.4 is 0 Å². The van der Waals surface area contributed by atoms with E-state index >= 15 is 0 Å². The number of hydrogen-bond donors (Lipinski definition) is 1. The molecule has 0 saturated carbocycles. The molecule has 0 unspecified atom stereocenters. The second-order valence-electron chi connectivity index (χ2n) is 11.9. The van der Waals surface area contributed by atoms with E-state index in [0.717, 1.165) is 44.4 Å². The number of phenolic OH excluding ortho intramolecular Hbond substituents is 1. The third kappa shape index (κ3) is 5.49. The van der Waals surface area contributed by atoms with E-state index in [-0.39, 0.29) is 26.8 Å². The maximum atomic E-state index is 10.6. The van der Waals surface area contributed by atoms with Crippen molar-refractivity contribution in [2.45, 2.75) is 39.5 Å². The van der Waals surface area contributed by atoms with Crippen molar-refractivity contribution in [2.24, 2.45) is 0 Å². The zero-order valence-corrected chi connectivity index (χ0v) is 28.0. The van der Waals surface area contributed by atoms with E-state index in [0.29, 0.717) is 23.1 Å². The van der Waals surface area contributed by atoms with Crippen molar-refractivity contribution in [3.63, 3.8) is 0 Å². The molecule has 3 heterocycles. The van der Waals surface area contributed by atoms with Crippen LogP contribution in [-0.2, 0) is 21.1 Å².